The van der Waals surface area contributed by atoms with Gasteiger partial charge in [-0.15, -0.1) is 0 Å². The van der Waals surface area contributed by atoms with Crippen molar-refractivity contribution in [1.29, 1.82) is 0 Å². The smallest absolute Gasteiger partial charge is 0.259 e. The lowest BCUT2D eigenvalue weighted by atomic mass is 10.2. The van der Waals surface area contributed by atoms with Crippen molar-refractivity contribution in [2.24, 2.45) is 0 Å². The van der Waals surface area contributed by atoms with Crippen LogP contribution in [0.2, 0.25) is 5.02 Å². The van der Waals surface area contributed by atoms with Gasteiger partial charge in [-0.25, -0.2) is 0 Å². The van der Waals surface area contributed by atoms with Gasteiger partial charge in [0, 0.05) is 43.5 Å². The van der Waals surface area contributed by atoms with Crippen molar-refractivity contribution in [2.75, 3.05) is 35.2 Å². The van der Waals surface area contributed by atoms with E-state index in [-0.39, 0.29) is 73.1 Å². The fraction of sp³-hybridized carbons (Fsp3) is 0.310. The van der Waals surface area contributed by atoms with Gasteiger partial charge < -0.3 is 48.3 Å². The lowest BCUT2D eigenvalue weighted by Crippen LogP contribution is -2.47. The second-order valence-electron chi connectivity index (χ2n) is 10.2. The monoisotopic (exact) mass is 609 g/mol. The third-order valence-electron chi connectivity index (χ3n) is 8.29. The van der Waals surface area contributed by atoms with Gasteiger partial charge in [-0.2, -0.15) is 0 Å². The summed E-state index contributed by atoms with van der Waals surface area (Å²) in [5.41, 5.74) is -0.0907. The maximum Gasteiger partial charge on any atom is 0.259 e. The minimum Gasteiger partial charge on any atom is -0.506 e. The number of methoxy groups -OCH3 is 3. The number of rotatable bonds is 3. The van der Waals surface area contributed by atoms with Crippen LogP contribution in [0.25, 0.3) is 33.1 Å². The number of hydrogen-bond donors (Lipinski definition) is 3. The largest absolute Gasteiger partial charge is 0.506 e. The molecule has 4 atom stereocenters. The van der Waals surface area contributed by atoms with Crippen molar-refractivity contribution in [3.8, 4) is 34.1 Å². The van der Waals surface area contributed by atoms with E-state index in [1.165, 1.54) is 51.5 Å². The van der Waals surface area contributed by atoms with Crippen molar-refractivity contribution < 1.29 is 48.2 Å². The van der Waals surface area contributed by atoms with Crippen molar-refractivity contribution in [2.45, 2.75) is 24.5 Å². The molecule has 0 unspecified atom stereocenters. The van der Waals surface area contributed by atoms with Crippen LogP contribution in [0.15, 0.2) is 27.4 Å². The van der Waals surface area contributed by atoms with Gasteiger partial charge in [-0.05, 0) is 23.8 Å². The highest BCUT2D eigenvalue weighted by Crippen LogP contribution is 2.61. The van der Waals surface area contributed by atoms with E-state index in [4.69, 9.17) is 39.7 Å². The summed E-state index contributed by atoms with van der Waals surface area (Å²) in [6.07, 6.45) is -4.10. The number of benzene rings is 3. The molecule has 0 radical (unpaired) electrons. The van der Waals surface area contributed by atoms with Crippen LogP contribution in [-0.4, -0.2) is 67.5 Å². The average molecular weight is 610 g/mol. The first-order valence-electron chi connectivity index (χ1n) is 12.8. The minimum absolute atomic E-state index is 0.0113. The van der Waals surface area contributed by atoms with Crippen molar-refractivity contribution in [3.63, 3.8) is 0 Å². The Morgan fingerprint density at radius 1 is 1.00 bits per heavy atom. The molecule has 3 heterocycles. The lowest BCUT2D eigenvalue weighted by molar-refractivity contribution is -0.121. The van der Waals surface area contributed by atoms with E-state index in [9.17, 15) is 24.9 Å². The molecule has 0 spiro atoms. The zero-order valence-electron chi connectivity index (χ0n) is 22.7. The highest BCUT2D eigenvalue weighted by Gasteiger charge is 2.48. The number of hydrogen-bond acceptors (Lipinski definition) is 11. The van der Waals surface area contributed by atoms with Crippen LogP contribution in [0.1, 0.15) is 45.4 Å². The number of aliphatic hydroxyl groups excluding tert-OH is 1. The molecule has 0 saturated carbocycles. The molecule has 3 aliphatic rings. The van der Waals surface area contributed by atoms with Gasteiger partial charge in [-0.1, -0.05) is 11.6 Å². The zero-order valence-corrected chi connectivity index (χ0v) is 23.4. The Bertz CT molecular complexity index is 1920. The van der Waals surface area contributed by atoms with E-state index in [1.54, 1.807) is 0 Å². The minimum atomic E-state index is -1.31. The van der Waals surface area contributed by atoms with Gasteiger partial charge in [0.15, 0.2) is 35.7 Å². The van der Waals surface area contributed by atoms with E-state index in [1.807, 2.05) is 0 Å². The molecule has 1 aromatic heterocycles. The standard InChI is InChI=1S/C29H24ClNO11/c1-31-28(36)14-10(19(33)29(31)39-4)7-11-13(20(14)34)15-16-25(22(11)37-2)40-8-41-26(16)27-17(21(15)35)18(32)9-5-6-12(30)24(38-3)23(9)42-27/h5-7,19,22,25,29,33-35H,8H2,1-4H3/t19-,22+,25-,29-/m0/s1/i5+1,7+1,12+1,13+1,14+1,16+1,18+1,19+1,21+1,22+1,23+1,27+1. The van der Waals surface area contributed by atoms with Gasteiger partial charge in [0.2, 0.25) is 5.43 Å². The Hall–Kier alpha value is -4.07. The summed E-state index contributed by atoms with van der Waals surface area (Å²) in [5, 5.41) is 34.7. The van der Waals surface area contributed by atoms with Crippen molar-refractivity contribution in [3.05, 3.63) is 55.7 Å². The highest BCUT2D eigenvalue weighted by molar-refractivity contribution is 6.33. The van der Waals surface area contributed by atoms with Gasteiger partial charge in [0.05, 0.1) is 23.1 Å². The number of amides is 1. The molecule has 0 saturated heterocycles. The number of phenolic OH excluding ortho intramolecular Hbond substituents is 2. The number of nitrogens with zero attached hydrogens (tertiary/aromatic N) is 1. The molecule has 42 heavy (non-hydrogen) atoms. The Labute approximate surface area is 242 Å². The molecule has 1 amide bonds. The summed E-state index contributed by atoms with van der Waals surface area (Å²) < 4.78 is 34.6. The molecule has 7 rings (SSSR count). The molecule has 2 aliphatic heterocycles. The number of aromatic hydroxyl groups is 2. The fourth-order valence-electron chi connectivity index (χ4n) is 6.43. The summed E-state index contributed by atoms with van der Waals surface area (Å²) in [6.45, 7) is -0.255. The second-order valence-corrected chi connectivity index (χ2v) is 10.6. The van der Waals surface area contributed by atoms with Crippen LogP contribution >= 0.6 is 11.6 Å². The third kappa shape index (κ3) is 3.21. The summed E-state index contributed by atoms with van der Waals surface area (Å²) in [7, 11) is 5.61. The van der Waals surface area contributed by atoms with E-state index in [0.717, 1.165) is 0 Å². The normalized spacial score (nSPS) is 22.5. The fourth-order valence-corrected chi connectivity index (χ4v) is 6.66. The third-order valence-corrected chi connectivity index (χ3v) is 8.59. The number of likely N-dealkylation sites (N-methyl/N-ethyl adjacent to an activating group) is 1. The lowest BCUT2D eigenvalue weighted by Gasteiger charge is -2.41. The maximum atomic E-state index is 13.9. The van der Waals surface area contributed by atoms with E-state index in [0.29, 0.717) is 5.56 Å². The number of carbonyl (C=O) groups excluding carboxylic acids is 1. The van der Waals surface area contributed by atoms with Crippen LogP contribution in [-0.2, 0) is 14.2 Å². The van der Waals surface area contributed by atoms with Crippen molar-refractivity contribution >= 4 is 39.4 Å². The summed E-state index contributed by atoms with van der Waals surface area (Å²) in [5.74, 6) is -1.45. The summed E-state index contributed by atoms with van der Waals surface area (Å²) in [4.78, 5) is 28.5. The molecule has 1 aliphatic carbocycles. The van der Waals surface area contributed by atoms with Gasteiger partial charge in [0.1, 0.15) is 35.2 Å². The number of aliphatic hydroxyl groups is 1. The van der Waals surface area contributed by atoms with Gasteiger partial charge >= 0.3 is 0 Å². The molecule has 13 heteroatoms. The predicted molar refractivity (Wildman–Crippen MR) is 147 cm³/mol. The van der Waals surface area contributed by atoms with E-state index >= 15 is 0 Å². The number of fused-ring (bicyclic) bond motifs is 6. The number of carbonyl (C=O) groups is 1. The van der Waals surface area contributed by atoms with Gasteiger partial charge in [-0.3, -0.25) is 9.59 Å². The number of phenols is 2. The first kappa shape index (κ1) is 26.8. The molecule has 12 nitrogen and oxygen atoms in total. The first-order chi connectivity index (χ1) is 20.2. The van der Waals surface area contributed by atoms with E-state index in [2.05, 4.69) is 0 Å². The molecule has 218 valence electrons. The van der Waals surface area contributed by atoms with Crippen LogP contribution in [0.4, 0.5) is 0 Å². The van der Waals surface area contributed by atoms with Gasteiger partial charge in [0.25, 0.3) is 5.91 Å². The summed E-state index contributed by atoms with van der Waals surface area (Å²) >= 11 is 6.29. The SMILES string of the molecule is COc1[13c](Cl)c[13cH]c2[13c](=O)c3[13c](O)c4[13c]5c([13c]3o[13c]12)OCO[C@@H]5[13C@H](OC)c1[13cH]c2[13c](c(O)[13c]1-4)C(=O)N(C)[C@@H](OC)[13C@H]2O. The Balaban J connectivity index is 1.65. The summed E-state index contributed by atoms with van der Waals surface area (Å²) in [6, 6.07) is 4.46. The molecule has 0 bridgehead atoms. The maximum absolute atomic E-state index is 13.9. The molecule has 4 aromatic rings. The van der Waals surface area contributed by atoms with Crippen LogP contribution in [0.3, 0.4) is 0 Å². The van der Waals surface area contributed by atoms with Crippen LogP contribution in [0.5, 0.6) is 23.0 Å². The highest BCUT2D eigenvalue weighted by atomic mass is 35.5. The Kier molecular flexibility index (Phi) is 5.88. The molecular formula is C29H24ClNO11. The Morgan fingerprint density at radius 3 is 2.45 bits per heavy atom. The van der Waals surface area contributed by atoms with Crippen molar-refractivity contribution in [1.82, 2.24) is 4.90 Å². The molecular weight excluding hydrogens is 586 g/mol. The second kappa shape index (κ2) is 9.21. The first-order valence-corrected chi connectivity index (χ1v) is 13.2. The zero-order chi connectivity index (χ0) is 29.8. The topological polar surface area (TPSA) is 157 Å². The van der Waals surface area contributed by atoms with Crippen LogP contribution in [0, 0.1) is 0 Å². The molecule has 3 aromatic carbocycles. The molecule has 0 fully saturated rings. The predicted octanol–water partition coefficient (Wildman–Crippen LogP) is 3.89. The quantitative estimate of drug-likeness (QED) is 0.229. The average Bonchev–Trinajstić information content (AvgIpc) is 2.98. The Morgan fingerprint density at radius 2 is 1.76 bits per heavy atom. The number of ether oxygens (including phenoxy) is 5. The molecule has 3 N–H and O–H groups in total. The van der Waals surface area contributed by atoms with E-state index < -0.39 is 47.4 Å². The number of halogens is 1. The van der Waals surface area contributed by atoms with Crippen LogP contribution < -0.4 is 14.9 Å².